The number of nitrogens with two attached hydrogens (primary N) is 1. The van der Waals surface area contributed by atoms with Gasteiger partial charge in [0.2, 0.25) is 0 Å². The van der Waals surface area contributed by atoms with E-state index in [9.17, 15) is 9.90 Å². The van der Waals surface area contributed by atoms with Crippen molar-refractivity contribution in [3.8, 4) is 0 Å². The number of aliphatic hydroxyl groups is 1. The molecule has 0 saturated heterocycles. The molecular formula is C15H23N3O2. The van der Waals surface area contributed by atoms with Gasteiger partial charge in [0, 0.05) is 31.1 Å². The van der Waals surface area contributed by atoms with Crippen molar-refractivity contribution in [2.75, 3.05) is 25.1 Å². The van der Waals surface area contributed by atoms with Crippen molar-refractivity contribution in [3.05, 3.63) is 23.8 Å². The van der Waals surface area contributed by atoms with Crippen LogP contribution in [0.3, 0.4) is 0 Å². The van der Waals surface area contributed by atoms with E-state index in [1.54, 1.807) is 26.2 Å². The molecule has 0 spiro atoms. The molecule has 1 saturated carbocycles. The Morgan fingerprint density at radius 2 is 2.10 bits per heavy atom. The van der Waals surface area contributed by atoms with Crippen molar-refractivity contribution >= 4 is 17.3 Å². The third-order valence-corrected chi connectivity index (χ3v) is 4.25. The Morgan fingerprint density at radius 3 is 2.55 bits per heavy atom. The van der Waals surface area contributed by atoms with Crippen molar-refractivity contribution in [2.24, 2.45) is 5.41 Å². The predicted molar refractivity (Wildman–Crippen MR) is 80.7 cm³/mol. The highest BCUT2D eigenvalue weighted by Gasteiger charge is 2.47. The molecule has 1 aromatic carbocycles. The molecule has 4 N–H and O–H groups in total. The van der Waals surface area contributed by atoms with Crippen molar-refractivity contribution in [2.45, 2.75) is 32.4 Å². The summed E-state index contributed by atoms with van der Waals surface area (Å²) in [7, 11) is 3.42. The molecule has 1 aromatic rings. The molecule has 5 heteroatoms. The van der Waals surface area contributed by atoms with Gasteiger partial charge in [0.25, 0.3) is 5.91 Å². The summed E-state index contributed by atoms with van der Waals surface area (Å²) in [6.45, 7) is 4.05. The van der Waals surface area contributed by atoms with E-state index < -0.39 is 0 Å². The smallest absolute Gasteiger partial charge is 0.253 e. The Morgan fingerprint density at radius 1 is 1.45 bits per heavy atom. The lowest BCUT2D eigenvalue weighted by Crippen LogP contribution is -2.56. The van der Waals surface area contributed by atoms with E-state index in [1.165, 1.54) is 4.90 Å². The fraction of sp³-hybridized carbons (Fsp3) is 0.533. The Kier molecular flexibility index (Phi) is 3.65. The van der Waals surface area contributed by atoms with Crippen LogP contribution in [0, 0.1) is 5.41 Å². The van der Waals surface area contributed by atoms with Crippen LogP contribution < -0.4 is 11.1 Å². The molecule has 2 unspecified atom stereocenters. The minimum Gasteiger partial charge on any atom is -0.397 e. The summed E-state index contributed by atoms with van der Waals surface area (Å²) in [5, 5.41) is 13.1. The number of hydrogen-bond acceptors (Lipinski definition) is 4. The van der Waals surface area contributed by atoms with Gasteiger partial charge in [-0.05, 0) is 24.6 Å². The van der Waals surface area contributed by atoms with Crippen molar-refractivity contribution in [3.63, 3.8) is 0 Å². The maximum absolute atomic E-state index is 11.9. The molecule has 1 fully saturated rings. The topological polar surface area (TPSA) is 78.6 Å². The number of carbonyl (C=O) groups excluding carboxylic acids is 1. The Bertz CT molecular complexity index is 526. The minimum atomic E-state index is -0.282. The number of nitrogens with zero attached hydrogens (tertiary/aromatic N) is 1. The normalized spacial score (nSPS) is 23.9. The lowest BCUT2D eigenvalue weighted by atomic mass is 9.64. The van der Waals surface area contributed by atoms with Crippen molar-refractivity contribution < 1.29 is 9.90 Å². The number of hydrogen-bond donors (Lipinski definition) is 3. The zero-order valence-corrected chi connectivity index (χ0v) is 12.5. The summed E-state index contributed by atoms with van der Waals surface area (Å²) in [6.07, 6.45) is 0.431. The SMILES string of the molecule is CN(C)C(=O)c1ccc(NC2CC(O)C2(C)C)c(N)c1. The molecule has 20 heavy (non-hydrogen) atoms. The number of aliphatic hydroxyl groups excluding tert-OH is 1. The van der Waals surface area contributed by atoms with E-state index in [0.717, 1.165) is 5.69 Å². The highest BCUT2D eigenvalue weighted by molar-refractivity contribution is 5.95. The number of benzene rings is 1. The molecule has 1 aliphatic carbocycles. The van der Waals surface area contributed by atoms with E-state index in [4.69, 9.17) is 5.73 Å². The van der Waals surface area contributed by atoms with Gasteiger partial charge in [-0.15, -0.1) is 0 Å². The van der Waals surface area contributed by atoms with Crippen molar-refractivity contribution in [1.29, 1.82) is 0 Å². The minimum absolute atomic E-state index is 0.0670. The molecule has 0 aromatic heterocycles. The molecule has 0 radical (unpaired) electrons. The third kappa shape index (κ3) is 2.45. The number of nitrogens with one attached hydrogen (secondary N) is 1. The summed E-state index contributed by atoms with van der Waals surface area (Å²) in [6, 6.07) is 5.47. The highest BCUT2D eigenvalue weighted by atomic mass is 16.3. The molecule has 2 atom stereocenters. The van der Waals surface area contributed by atoms with Crippen LogP contribution in [0.4, 0.5) is 11.4 Å². The molecule has 0 heterocycles. The van der Waals surface area contributed by atoms with Gasteiger partial charge in [-0.3, -0.25) is 4.79 Å². The van der Waals surface area contributed by atoms with E-state index in [-0.39, 0.29) is 23.5 Å². The number of nitrogen functional groups attached to an aromatic ring is 1. The fourth-order valence-electron chi connectivity index (χ4n) is 2.42. The standard InChI is InChI=1S/C15H23N3O2/c1-15(2)12(8-13(15)19)17-11-6-5-9(7-10(11)16)14(20)18(3)4/h5-7,12-13,17,19H,8,16H2,1-4H3. The fourth-order valence-corrected chi connectivity index (χ4v) is 2.42. The molecular weight excluding hydrogens is 254 g/mol. The zero-order valence-electron chi connectivity index (χ0n) is 12.5. The predicted octanol–water partition coefficient (Wildman–Crippen LogP) is 1.54. The first-order valence-electron chi connectivity index (χ1n) is 6.79. The summed E-state index contributed by atoms with van der Waals surface area (Å²) in [4.78, 5) is 13.4. The van der Waals surface area contributed by atoms with Gasteiger partial charge in [-0.1, -0.05) is 13.8 Å². The van der Waals surface area contributed by atoms with E-state index in [1.807, 2.05) is 19.9 Å². The first kappa shape index (κ1) is 14.7. The lowest BCUT2D eigenvalue weighted by molar-refractivity contribution is -0.0510. The van der Waals surface area contributed by atoms with E-state index >= 15 is 0 Å². The first-order chi connectivity index (χ1) is 9.23. The van der Waals surface area contributed by atoms with Gasteiger partial charge in [0.1, 0.15) is 0 Å². The summed E-state index contributed by atoms with van der Waals surface area (Å²) in [5.41, 5.74) is 7.79. The first-order valence-corrected chi connectivity index (χ1v) is 6.79. The lowest BCUT2D eigenvalue weighted by Gasteiger charge is -2.50. The van der Waals surface area contributed by atoms with Gasteiger partial charge in [-0.2, -0.15) is 0 Å². The van der Waals surface area contributed by atoms with Crippen LogP contribution in [-0.4, -0.2) is 42.2 Å². The molecule has 110 valence electrons. The quantitative estimate of drug-likeness (QED) is 0.732. The Hall–Kier alpha value is -1.75. The Balaban J connectivity index is 2.13. The van der Waals surface area contributed by atoms with Crippen LogP contribution >= 0.6 is 0 Å². The Labute approximate surface area is 119 Å². The second kappa shape index (κ2) is 4.98. The molecule has 1 aliphatic rings. The highest BCUT2D eigenvalue weighted by Crippen LogP contribution is 2.42. The van der Waals surface area contributed by atoms with Gasteiger partial charge in [0.05, 0.1) is 17.5 Å². The third-order valence-electron chi connectivity index (χ3n) is 4.25. The summed E-state index contributed by atoms with van der Waals surface area (Å²) < 4.78 is 0. The average Bonchev–Trinajstić information content (AvgIpc) is 2.39. The van der Waals surface area contributed by atoms with Crippen LogP contribution in [0.5, 0.6) is 0 Å². The monoisotopic (exact) mass is 277 g/mol. The molecule has 0 bridgehead atoms. The van der Waals surface area contributed by atoms with Crippen LogP contribution in [-0.2, 0) is 0 Å². The summed E-state index contributed by atoms with van der Waals surface area (Å²) in [5.74, 6) is -0.0670. The van der Waals surface area contributed by atoms with Crippen LogP contribution in [0.2, 0.25) is 0 Å². The molecule has 0 aliphatic heterocycles. The van der Waals surface area contributed by atoms with Crippen LogP contribution in [0.25, 0.3) is 0 Å². The van der Waals surface area contributed by atoms with Gasteiger partial charge in [-0.25, -0.2) is 0 Å². The van der Waals surface area contributed by atoms with Gasteiger partial charge >= 0.3 is 0 Å². The summed E-state index contributed by atoms with van der Waals surface area (Å²) >= 11 is 0. The second-order valence-electron chi connectivity index (χ2n) is 6.27. The average molecular weight is 277 g/mol. The maximum atomic E-state index is 11.9. The van der Waals surface area contributed by atoms with Crippen molar-refractivity contribution in [1.82, 2.24) is 4.90 Å². The van der Waals surface area contributed by atoms with Gasteiger partial charge < -0.3 is 21.1 Å². The number of rotatable bonds is 3. The zero-order chi connectivity index (χ0) is 15.1. The largest absolute Gasteiger partial charge is 0.397 e. The molecule has 1 amide bonds. The molecule has 5 nitrogen and oxygen atoms in total. The number of carbonyl (C=O) groups is 1. The van der Waals surface area contributed by atoms with Crippen LogP contribution in [0.15, 0.2) is 18.2 Å². The van der Waals surface area contributed by atoms with Crippen LogP contribution in [0.1, 0.15) is 30.6 Å². The molecule has 2 rings (SSSR count). The number of anilines is 2. The van der Waals surface area contributed by atoms with E-state index in [2.05, 4.69) is 5.32 Å². The number of amides is 1. The second-order valence-corrected chi connectivity index (χ2v) is 6.27. The van der Waals surface area contributed by atoms with Gasteiger partial charge in [0.15, 0.2) is 0 Å². The van der Waals surface area contributed by atoms with E-state index in [0.29, 0.717) is 17.7 Å². The maximum Gasteiger partial charge on any atom is 0.253 e.